The van der Waals surface area contributed by atoms with Gasteiger partial charge in [0.1, 0.15) is 5.70 Å². The van der Waals surface area contributed by atoms with E-state index in [0.717, 1.165) is 17.8 Å². The Morgan fingerprint density at radius 3 is 2.38 bits per heavy atom. The predicted octanol–water partition coefficient (Wildman–Crippen LogP) is 3.71. The maximum Gasteiger partial charge on any atom is 0.279 e. The fourth-order valence-electron chi connectivity index (χ4n) is 2.93. The van der Waals surface area contributed by atoms with E-state index in [4.69, 9.17) is 11.6 Å². The molecule has 0 aliphatic carbocycles. The highest BCUT2D eigenvalue weighted by molar-refractivity contribution is 6.30. The van der Waals surface area contributed by atoms with E-state index >= 15 is 0 Å². The fraction of sp³-hybridized carbons (Fsp3) is 0.158. The van der Waals surface area contributed by atoms with Crippen molar-refractivity contribution < 1.29 is 4.79 Å². The molecule has 0 spiro atoms. The van der Waals surface area contributed by atoms with E-state index in [0.29, 0.717) is 23.2 Å². The third-order valence-corrected chi connectivity index (χ3v) is 4.49. The molecule has 2 aromatic carbocycles. The van der Waals surface area contributed by atoms with Gasteiger partial charge >= 0.3 is 0 Å². The minimum absolute atomic E-state index is 0.0398. The second-order valence-electron chi connectivity index (χ2n) is 5.94. The summed E-state index contributed by atoms with van der Waals surface area (Å²) in [7, 11) is 0. The average molecular weight is 338 g/mol. The number of aliphatic imine (C=N–C) groups is 1. The summed E-state index contributed by atoms with van der Waals surface area (Å²) in [4.78, 5) is 20.9. The summed E-state index contributed by atoms with van der Waals surface area (Å²) in [5.74, 6) is 0.655. The molecule has 4 rings (SSSR count). The van der Waals surface area contributed by atoms with E-state index in [2.05, 4.69) is 4.99 Å². The number of anilines is 1. The molecular formula is C19H16ClN3O. The third-order valence-electron chi connectivity index (χ3n) is 4.23. The van der Waals surface area contributed by atoms with Gasteiger partial charge in [-0.3, -0.25) is 9.69 Å². The Labute approximate surface area is 145 Å². The molecule has 0 saturated carbocycles. The number of fused-ring (bicyclic) bond motifs is 1. The zero-order chi connectivity index (χ0) is 16.7. The van der Waals surface area contributed by atoms with Gasteiger partial charge in [-0.25, -0.2) is 4.99 Å². The molecule has 4 nitrogen and oxygen atoms in total. The number of guanidine groups is 1. The smallest absolute Gasteiger partial charge is 0.279 e. The van der Waals surface area contributed by atoms with Crippen LogP contribution in [0.2, 0.25) is 5.02 Å². The molecule has 2 aliphatic heterocycles. The molecule has 120 valence electrons. The van der Waals surface area contributed by atoms with Crippen molar-refractivity contribution in [2.45, 2.75) is 6.92 Å². The van der Waals surface area contributed by atoms with E-state index in [9.17, 15) is 4.79 Å². The van der Waals surface area contributed by atoms with Crippen LogP contribution in [0.25, 0.3) is 6.08 Å². The molecule has 0 radical (unpaired) electrons. The van der Waals surface area contributed by atoms with Gasteiger partial charge in [-0.1, -0.05) is 41.4 Å². The Hall–Kier alpha value is -2.59. The number of benzene rings is 2. The molecule has 2 aromatic rings. The summed E-state index contributed by atoms with van der Waals surface area (Å²) in [6.07, 6.45) is 1.84. The van der Waals surface area contributed by atoms with Crippen molar-refractivity contribution in [1.29, 1.82) is 0 Å². The van der Waals surface area contributed by atoms with Crippen LogP contribution in [0.3, 0.4) is 0 Å². The van der Waals surface area contributed by atoms with E-state index in [-0.39, 0.29) is 5.91 Å². The van der Waals surface area contributed by atoms with Crippen LogP contribution in [-0.4, -0.2) is 29.9 Å². The Morgan fingerprint density at radius 1 is 1.00 bits per heavy atom. The van der Waals surface area contributed by atoms with Gasteiger partial charge < -0.3 is 4.90 Å². The van der Waals surface area contributed by atoms with Crippen LogP contribution < -0.4 is 4.90 Å². The molecule has 5 heteroatoms. The lowest BCUT2D eigenvalue weighted by Crippen LogP contribution is -2.32. The van der Waals surface area contributed by atoms with Crippen LogP contribution in [0.4, 0.5) is 5.69 Å². The lowest BCUT2D eigenvalue weighted by molar-refractivity contribution is -0.122. The van der Waals surface area contributed by atoms with Gasteiger partial charge in [0.25, 0.3) is 5.91 Å². The van der Waals surface area contributed by atoms with Crippen molar-refractivity contribution in [2.24, 2.45) is 4.99 Å². The summed E-state index contributed by atoms with van der Waals surface area (Å²) in [6, 6.07) is 15.6. The van der Waals surface area contributed by atoms with Crippen molar-refractivity contribution in [2.75, 3.05) is 18.0 Å². The van der Waals surface area contributed by atoms with Crippen LogP contribution >= 0.6 is 11.6 Å². The quantitative estimate of drug-likeness (QED) is 0.783. The number of nitrogens with zero attached hydrogens (tertiary/aromatic N) is 3. The Morgan fingerprint density at radius 2 is 1.67 bits per heavy atom. The second-order valence-corrected chi connectivity index (χ2v) is 6.37. The zero-order valence-corrected chi connectivity index (χ0v) is 14.0. The van der Waals surface area contributed by atoms with Crippen LogP contribution in [-0.2, 0) is 4.79 Å². The molecule has 1 amide bonds. The van der Waals surface area contributed by atoms with Crippen LogP contribution in [0, 0.1) is 6.92 Å². The van der Waals surface area contributed by atoms with Gasteiger partial charge in [0, 0.05) is 23.8 Å². The number of carbonyl (C=O) groups excluding carboxylic acids is 1. The van der Waals surface area contributed by atoms with Gasteiger partial charge in [0.15, 0.2) is 0 Å². The number of hydrogen-bond donors (Lipinski definition) is 0. The van der Waals surface area contributed by atoms with Crippen LogP contribution in [0.1, 0.15) is 11.1 Å². The summed E-state index contributed by atoms with van der Waals surface area (Å²) < 4.78 is 0. The Kier molecular flexibility index (Phi) is 3.62. The average Bonchev–Trinajstić information content (AvgIpc) is 3.12. The minimum Gasteiger partial charge on any atom is -0.310 e. The molecule has 0 atom stereocenters. The molecule has 0 unspecified atom stereocenters. The predicted molar refractivity (Wildman–Crippen MR) is 97.1 cm³/mol. The normalized spacial score (nSPS) is 18.3. The molecule has 2 heterocycles. The molecular weight excluding hydrogens is 322 g/mol. The monoisotopic (exact) mass is 337 g/mol. The van der Waals surface area contributed by atoms with Crippen molar-refractivity contribution in [3.63, 3.8) is 0 Å². The Balaban J connectivity index is 1.67. The second kappa shape index (κ2) is 5.80. The molecule has 0 N–H and O–H groups in total. The van der Waals surface area contributed by atoms with Gasteiger partial charge in [-0.05, 0) is 42.8 Å². The topological polar surface area (TPSA) is 35.9 Å². The van der Waals surface area contributed by atoms with Crippen LogP contribution in [0.15, 0.2) is 59.2 Å². The third kappa shape index (κ3) is 2.59. The molecule has 1 fully saturated rings. The van der Waals surface area contributed by atoms with Gasteiger partial charge in [-0.15, -0.1) is 0 Å². The van der Waals surface area contributed by atoms with Crippen molar-refractivity contribution in [1.82, 2.24) is 4.90 Å². The van der Waals surface area contributed by atoms with Gasteiger partial charge in [0.2, 0.25) is 5.96 Å². The first-order valence-corrected chi connectivity index (χ1v) is 8.22. The highest BCUT2D eigenvalue weighted by Crippen LogP contribution is 2.28. The standard InChI is InChI=1S/C19H16ClN3O/c1-13-2-4-14(5-3-13)12-17-18(24)23-11-10-22(19(23)21-17)16-8-6-15(20)7-9-16/h2-9,12H,10-11H2,1H3/b17-12-. The molecule has 0 aromatic heterocycles. The zero-order valence-electron chi connectivity index (χ0n) is 13.2. The van der Waals surface area contributed by atoms with E-state index in [1.54, 1.807) is 4.90 Å². The van der Waals surface area contributed by atoms with Crippen LogP contribution in [0.5, 0.6) is 0 Å². The highest BCUT2D eigenvalue weighted by atomic mass is 35.5. The highest BCUT2D eigenvalue weighted by Gasteiger charge is 2.38. The van der Waals surface area contributed by atoms with Crippen molar-refractivity contribution in [3.05, 3.63) is 70.4 Å². The number of amides is 1. The number of rotatable bonds is 2. The van der Waals surface area contributed by atoms with E-state index < -0.39 is 0 Å². The first kappa shape index (κ1) is 15.0. The molecule has 0 bridgehead atoms. The summed E-state index contributed by atoms with van der Waals surface area (Å²) in [6.45, 7) is 3.42. The van der Waals surface area contributed by atoms with Gasteiger partial charge in [-0.2, -0.15) is 0 Å². The lowest BCUT2D eigenvalue weighted by Gasteiger charge is -2.17. The Bertz CT molecular complexity index is 853. The first-order valence-electron chi connectivity index (χ1n) is 7.84. The van der Waals surface area contributed by atoms with E-state index in [1.807, 2.05) is 66.4 Å². The minimum atomic E-state index is -0.0398. The lowest BCUT2D eigenvalue weighted by atomic mass is 10.1. The fourth-order valence-corrected chi connectivity index (χ4v) is 3.06. The van der Waals surface area contributed by atoms with Gasteiger partial charge in [0.05, 0.1) is 0 Å². The first-order chi connectivity index (χ1) is 11.6. The van der Waals surface area contributed by atoms with E-state index in [1.165, 1.54) is 5.56 Å². The van der Waals surface area contributed by atoms with Crippen molar-refractivity contribution in [3.8, 4) is 0 Å². The number of hydrogen-bond acceptors (Lipinski definition) is 3. The number of aryl methyl sites for hydroxylation is 1. The number of carbonyl (C=O) groups is 1. The summed E-state index contributed by atoms with van der Waals surface area (Å²) in [5, 5.41) is 0.694. The maximum absolute atomic E-state index is 12.6. The largest absolute Gasteiger partial charge is 0.310 e. The maximum atomic E-state index is 12.6. The molecule has 2 aliphatic rings. The number of halogens is 1. The summed E-state index contributed by atoms with van der Waals surface area (Å²) in [5.41, 5.74) is 3.64. The summed E-state index contributed by atoms with van der Waals surface area (Å²) >= 11 is 5.95. The molecule has 24 heavy (non-hydrogen) atoms. The molecule has 1 saturated heterocycles. The van der Waals surface area contributed by atoms with Crippen molar-refractivity contribution >= 4 is 35.2 Å². The SMILES string of the molecule is Cc1ccc(/C=C2\N=C3N(CCN3c3ccc(Cl)cc3)C2=O)cc1.